The van der Waals surface area contributed by atoms with E-state index in [0.717, 1.165) is 30.4 Å². The van der Waals surface area contributed by atoms with E-state index in [1.807, 2.05) is 32.9 Å². The maximum Gasteiger partial charge on any atom is 0.274 e. The van der Waals surface area contributed by atoms with Crippen molar-refractivity contribution in [3.05, 3.63) is 98.6 Å². The summed E-state index contributed by atoms with van der Waals surface area (Å²) in [7, 11) is -2.32. The summed E-state index contributed by atoms with van der Waals surface area (Å²) in [6.45, 7) is 5.53. The molecule has 2 atom stereocenters. The molecule has 8 nitrogen and oxygen atoms in total. The predicted octanol–water partition coefficient (Wildman–Crippen LogP) is 7.07. The second kappa shape index (κ2) is 10.9. The molecule has 2 saturated carbocycles. The highest BCUT2D eigenvalue weighted by molar-refractivity contribution is 7.92. The van der Waals surface area contributed by atoms with E-state index in [9.17, 15) is 13.8 Å². The molecule has 1 aromatic carbocycles. The molecule has 6 rings (SSSR count). The number of halogens is 2. The van der Waals surface area contributed by atoms with Gasteiger partial charge < -0.3 is 5.32 Å². The lowest BCUT2D eigenvalue weighted by Crippen LogP contribution is -2.23. The molecule has 228 valence electrons. The van der Waals surface area contributed by atoms with Gasteiger partial charge in [-0.2, -0.15) is 4.36 Å². The Morgan fingerprint density at radius 3 is 2.59 bits per heavy atom. The normalized spacial score (nSPS) is 18.5. The molecule has 11 heteroatoms. The number of nitrogens with one attached hydrogen (secondary N) is 1. The van der Waals surface area contributed by atoms with Crippen molar-refractivity contribution in [3.63, 3.8) is 0 Å². The molecule has 4 aromatic rings. The third-order valence-corrected chi connectivity index (χ3v) is 9.47. The monoisotopic (exact) mass is 633 g/mol. The highest BCUT2D eigenvalue weighted by Gasteiger charge is 2.45. The molecule has 2 aliphatic carbocycles. The largest absolute Gasteiger partial charge is 0.323 e. The molecule has 0 radical (unpaired) electrons. The molecule has 2 fully saturated rings. The molecule has 0 spiro atoms. The number of anilines is 1. The smallest absolute Gasteiger partial charge is 0.274 e. The van der Waals surface area contributed by atoms with Crippen LogP contribution >= 0.6 is 11.6 Å². The van der Waals surface area contributed by atoms with Crippen LogP contribution in [0.15, 0.2) is 64.1 Å². The van der Waals surface area contributed by atoms with Crippen molar-refractivity contribution in [2.75, 3.05) is 17.8 Å². The molecule has 2 aliphatic rings. The van der Waals surface area contributed by atoms with Crippen LogP contribution in [0.1, 0.15) is 60.4 Å². The Balaban J connectivity index is 1.32. The average molecular weight is 634 g/mol. The standard InChI is InChI=1S/C33H33ClFN5O3S/c1-18-15-37-27(22-7-6-8-26(30(22)35)38-32(42)33(3)9-10-33)14-28(18)40-19(2)11-25(29(34)31(40)41)24-13-23(24)20-12-21(17-36-16-20)39-44(4,5)43/h6-8,11-12,14-17,23-24H,9-10,13H2,1-5H3,(H,38,42)/t23-,24+/m1/s1. The van der Waals surface area contributed by atoms with Crippen LogP contribution in [0.4, 0.5) is 15.8 Å². The Labute approximate surface area is 260 Å². The highest BCUT2D eigenvalue weighted by atomic mass is 35.5. The van der Waals surface area contributed by atoms with Crippen molar-refractivity contribution < 1.29 is 13.4 Å². The van der Waals surface area contributed by atoms with Gasteiger partial charge in [0.05, 0.1) is 29.0 Å². The van der Waals surface area contributed by atoms with E-state index in [1.165, 1.54) is 10.6 Å². The molecule has 1 N–H and O–H groups in total. The van der Waals surface area contributed by atoms with Crippen LogP contribution < -0.4 is 10.9 Å². The zero-order valence-corrected chi connectivity index (χ0v) is 26.7. The number of benzene rings is 1. The van der Waals surface area contributed by atoms with Crippen molar-refractivity contribution in [2.45, 2.75) is 51.9 Å². The van der Waals surface area contributed by atoms with Crippen molar-refractivity contribution in [3.8, 4) is 16.9 Å². The fourth-order valence-corrected chi connectivity index (χ4v) is 6.46. The van der Waals surface area contributed by atoms with Gasteiger partial charge >= 0.3 is 0 Å². The summed E-state index contributed by atoms with van der Waals surface area (Å²) in [5.41, 5.74) is 4.03. The summed E-state index contributed by atoms with van der Waals surface area (Å²) in [5.74, 6) is -0.641. The maximum absolute atomic E-state index is 15.6. The van der Waals surface area contributed by atoms with E-state index in [1.54, 1.807) is 49.3 Å². The molecule has 44 heavy (non-hydrogen) atoms. The first kappa shape index (κ1) is 30.1. The highest BCUT2D eigenvalue weighted by Crippen LogP contribution is 2.56. The lowest BCUT2D eigenvalue weighted by atomic mass is 10.0. The molecular weight excluding hydrogens is 601 g/mol. The Kier molecular flexibility index (Phi) is 7.49. The van der Waals surface area contributed by atoms with Gasteiger partial charge in [0.2, 0.25) is 5.91 Å². The first-order chi connectivity index (χ1) is 20.8. The van der Waals surface area contributed by atoms with Crippen LogP contribution in [0, 0.1) is 25.1 Å². The van der Waals surface area contributed by atoms with Crippen molar-refractivity contribution in [1.29, 1.82) is 0 Å². The number of nitrogens with zero attached hydrogens (tertiary/aromatic N) is 4. The fraction of sp³-hybridized carbons (Fsp3) is 0.333. The second-order valence-electron chi connectivity index (χ2n) is 12.4. The number of hydrogen-bond acceptors (Lipinski definition) is 6. The summed E-state index contributed by atoms with van der Waals surface area (Å²) in [5, 5.41) is 2.85. The van der Waals surface area contributed by atoms with Gasteiger partial charge in [0.25, 0.3) is 5.56 Å². The van der Waals surface area contributed by atoms with Gasteiger partial charge in [-0.3, -0.25) is 24.1 Å². The Morgan fingerprint density at radius 1 is 1.14 bits per heavy atom. The van der Waals surface area contributed by atoms with Crippen LogP contribution in [0.5, 0.6) is 0 Å². The van der Waals surface area contributed by atoms with E-state index in [-0.39, 0.29) is 39.6 Å². The summed E-state index contributed by atoms with van der Waals surface area (Å²) < 4.78 is 33.6. The molecule has 3 heterocycles. The number of rotatable bonds is 7. The predicted molar refractivity (Wildman–Crippen MR) is 172 cm³/mol. The van der Waals surface area contributed by atoms with Crippen LogP contribution in [-0.2, 0) is 14.5 Å². The minimum atomic E-state index is -2.32. The number of aromatic nitrogens is 3. The summed E-state index contributed by atoms with van der Waals surface area (Å²) in [6, 6.07) is 10.3. The number of hydrogen-bond donors (Lipinski definition) is 1. The average Bonchev–Trinajstić information content (AvgIpc) is 3.89. The quantitative estimate of drug-likeness (QED) is 0.234. The van der Waals surface area contributed by atoms with Crippen molar-refractivity contribution in [1.82, 2.24) is 14.5 Å². The van der Waals surface area contributed by atoms with Gasteiger partial charge in [0, 0.05) is 51.3 Å². The van der Waals surface area contributed by atoms with Crippen LogP contribution in [0.2, 0.25) is 5.02 Å². The van der Waals surface area contributed by atoms with Gasteiger partial charge in [-0.1, -0.05) is 24.6 Å². The molecular formula is C33H33ClFN5O3S. The third kappa shape index (κ3) is 5.80. The molecule has 0 aliphatic heterocycles. The van der Waals surface area contributed by atoms with Gasteiger partial charge in [-0.25, -0.2) is 8.60 Å². The first-order valence-corrected chi connectivity index (χ1v) is 17.1. The van der Waals surface area contributed by atoms with E-state index in [2.05, 4.69) is 19.6 Å². The molecule has 0 saturated heterocycles. The second-order valence-corrected chi connectivity index (χ2v) is 15.4. The SMILES string of the molecule is Cc1cnc(-c2cccc(NC(=O)C3(C)CC3)c2F)cc1-n1c(C)cc([C@H]2C[C@@H]2c2cncc(N=S(C)(C)=O)c2)c(Cl)c1=O. The summed E-state index contributed by atoms with van der Waals surface area (Å²) >= 11 is 6.75. The minimum absolute atomic E-state index is 0.0345. The number of pyridine rings is 3. The van der Waals surface area contributed by atoms with Gasteiger partial charge in [0.15, 0.2) is 5.82 Å². The molecule has 3 aromatic heterocycles. The lowest BCUT2D eigenvalue weighted by Gasteiger charge is -2.17. The summed E-state index contributed by atoms with van der Waals surface area (Å²) in [6.07, 6.45) is 10.5. The zero-order chi connectivity index (χ0) is 31.6. The van der Waals surface area contributed by atoms with E-state index < -0.39 is 21.0 Å². The number of aryl methyl sites for hydroxylation is 2. The number of carbonyl (C=O) groups is 1. The van der Waals surface area contributed by atoms with Crippen LogP contribution in [-0.4, -0.2) is 37.2 Å². The van der Waals surface area contributed by atoms with Gasteiger partial charge in [-0.05, 0) is 92.0 Å². The van der Waals surface area contributed by atoms with Crippen molar-refractivity contribution in [2.24, 2.45) is 9.78 Å². The molecule has 0 bridgehead atoms. The third-order valence-electron chi connectivity index (χ3n) is 8.44. The Hall–Kier alpha value is -3.89. The number of carbonyl (C=O) groups excluding carboxylic acids is 1. The fourth-order valence-electron chi connectivity index (χ4n) is 5.58. The summed E-state index contributed by atoms with van der Waals surface area (Å²) in [4.78, 5) is 35.1. The van der Waals surface area contributed by atoms with E-state index in [4.69, 9.17) is 11.6 Å². The van der Waals surface area contributed by atoms with Crippen LogP contribution in [0.3, 0.4) is 0 Å². The zero-order valence-electron chi connectivity index (χ0n) is 25.1. The van der Waals surface area contributed by atoms with Crippen LogP contribution in [0.25, 0.3) is 16.9 Å². The molecule has 1 amide bonds. The van der Waals surface area contributed by atoms with E-state index in [0.29, 0.717) is 28.3 Å². The van der Waals surface area contributed by atoms with Gasteiger partial charge in [-0.15, -0.1) is 0 Å². The van der Waals surface area contributed by atoms with E-state index >= 15 is 4.39 Å². The number of amides is 1. The maximum atomic E-state index is 15.6. The van der Waals surface area contributed by atoms with Crippen molar-refractivity contribution >= 4 is 38.6 Å². The van der Waals surface area contributed by atoms with Gasteiger partial charge in [0.1, 0.15) is 5.02 Å². The Morgan fingerprint density at radius 2 is 1.89 bits per heavy atom. The Bertz CT molecular complexity index is 2020. The topological polar surface area (TPSA) is 106 Å². The first-order valence-electron chi connectivity index (χ1n) is 14.4. The lowest BCUT2D eigenvalue weighted by molar-refractivity contribution is -0.120. The molecule has 0 unspecified atom stereocenters. The minimum Gasteiger partial charge on any atom is -0.323 e.